The zero-order chi connectivity index (χ0) is 13.7. The summed E-state index contributed by atoms with van der Waals surface area (Å²) in [6.07, 6.45) is 0. The average Bonchev–Trinajstić information content (AvgIpc) is 2.27. The van der Waals surface area contributed by atoms with Gasteiger partial charge in [-0.3, -0.25) is 14.9 Å². The van der Waals surface area contributed by atoms with Gasteiger partial charge >= 0.3 is 0 Å². The first-order chi connectivity index (χ1) is 8.45. The molecule has 98 valence electrons. The van der Waals surface area contributed by atoms with Crippen molar-refractivity contribution in [2.24, 2.45) is 0 Å². The lowest BCUT2D eigenvalue weighted by Gasteiger charge is -2.11. The van der Waals surface area contributed by atoms with Crippen molar-refractivity contribution in [3.8, 4) is 0 Å². The van der Waals surface area contributed by atoms with Crippen LogP contribution in [0.4, 0.5) is 11.4 Å². The van der Waals surface area contributed by atoms with Crippen LogP contribution in [0.5, 0.6) is 0 Å². The van der Waals surface area contributed by atoms with Crippen LogP contribution in [0.1, 0.15) is 12.5 Å². The minimum atomic E-state index is -0.507. The second-order valence-electron chi connectivity index (χ2n) is 3.68. The standard InChI is InChI=1S/C11H14ClN3O3/c1-3-13-10(16)6-14-11-7(2)4-8(15(17)18)5-9(11)12/h4-5,14H,3,6H2,1-2H3,(H,13,16). The molecular weight excluding hydrogens is 258 g/mol. The number of nitrogens with one attached hydrogen (secondary N) is 2. The summed E-state index contributed by atoms with van der Waals surface area (Å²) in [6, 6.07) is 2.67. The van der Waals surface area contributed by atoms with Crippen molar-refractivity contribution in [1.29, 1.82) is 0 Å². The molecule has 0 atom stereocenters. The molecule has 1 amide bonds. The molecule has 0 aliphatic carbocycles. The van der Waals surface area contributed by atoms with Crippen molar-refractivity contribution < 1.29 is 9.72 Å². The third-order valence-electron chi connectivity index (χ3n) is 2.28. The SMILES string of the molecule is CCNC(=O)CNc1c(C)cc([N+](=O)[O-])cc1Cl. The smallest absolute Gasteiger partial charge is 0.271 e. The van der Waals surface area contributed by atoms with Crippen LogP contribution in [-0.4, -0.2) is 23.9 Å². The van der Waals surface area contributed by atoms with Crippen molar-refractivity contribution in [2.45, 2.75) is 13.8 Å². The van der Waals surface area contributed by atoms with E-state index in [1.165, 1.54) is 12.1 Å². The highest BCUT2D eigenvalue weighted by Crippen LogP contribution is 2.30. The Kier molecular flexibility index (Phi) is 4.91. The number of nitro benzene ring substituents is 1. The number of hydrogen-bond acceptors (Lipinski definition) is 4. The zero-order valence-corrected chi connectivity index (χ0v) is 10.9. The zero-order valence-electron chi connectivity index (χ0n) is 10.1. The van der Waals surface area contributed by atoms with E-state index in [0.29, 0.717) is 17.8 Å². The Hall–Kier alpha value is -1.82. The summed E-state index contributed by atoms with van der Waals surface area (Å²) in [5.74, 6) is -0.161. The van der Waals surface area contributed by atoms with E-state index in [-0.39, 0.29) is 23.2 Å². The van der Waals surface area contributed by atoms with Crippen LogP contribution in [0.2, 0.25) is 5.02 Å². The largest absolute Gasteiger partial charge is 0.375 e. The highest BCUT2D eigenvalue weighted by Gasteiger charge is 2.13. The number of aryl methyl sites for hydroxylation is 1. The molecule has 0 saturated heterocycles. The van der Waals surface area contributed by atoms with Crippen LogP contribution in [0.15, 0.2) is 12.1 Å². The summed E-state index contributed by atoms with van der Waals surface area (Å²) in [7, 11) is 0. The number of likely N-dealkylation sites (N-methyl/N-ethyl adjacent to an activating group) is 1. The molecule has 0 bridgehead atoms. The lowest BCUT2D eigenvalue weighted by Crippen LogP contribution is -2.29. The molecule has 1 aromatic rings. The van der Waals surface area contributed by atoms with E-state index in [9.17, 15) is 14.9 Å². The van der Waals surface area contributed by atoms with Gasteiger partial charge in [0.15, 0.2) is 0 Å². The monoisotopic (exact) mass is 271 g/mol. The average molecular weight is 272 g/mol. The van der Waals surface area contributed by atoms with Crippen molar-refractivity contribution in [3.63, 3.8) is 0 Å². The first-order valence-corrected chi connectivity index (χ1v) is 5.78. The van der Waals surface area contributed by atoms with Crippen LogP contribution in [0.3, 0.4) is 0 Å². The van der Waals surface area contributed by atoms with Gasteiger partial charge in [0.05, 0.1) is 22.2 Å². The predicted molar refractivity (Wildman–Crippen MR) is 70.0 cm³/mol. The van der Waals surface area contributed by atoms with E-state index in [1.807, 2.05) is 6.92 Å². The van der Waals surface area contributed by atoms with Gasteiger partial charge in [-0.05, 0) is 19.4 Å². The summed E-state index contributed by atoms with van der Waals surface area (Å²) in [6.45, 7) is 4.14. The van der Waals surface area contributed by atoms with E-state index >= 15 is 0 Å². The lowest BCUT2D eigenvalue weighted by molar-refractivity contribution is -0.384. The molecule has 6 nitrogen and oxygen atoms in total. The first kappa shape index (κ1) is 14.2. The molecule has 0 unspecified atom stereocenters. The van der Waals surface area contributed by atoms with E-state index < -0.39 is 4.92 Å². The fourth-order valence-electron chi connectivity index (χ4n) is 1.48. The predicted octanol–water partition coefficient (Wildman–Crippen LogP) is 2.10. The lowest BCUT2D eigenvalue weighted by atomic mass is 10.1. The Morgan fingerprint density at radius 3 is 2.67 bits per heavy atom. The van der Waals surface area contributed by atoms with E-state index in [2.05, 4.69) is 10.6 Å². The van der Waals surface area contributed by atoms with Gasteiger partial charge in [-0.2, -0.15) is 0 Å². The number of anilines is 1. The van der Waals surface area contributed by atoms with E-state index in [4.69, 9.17) is 11.6 Å². The van der Waals surface area contributed by atoms with Gasteiger partial charge in [0.2, 0.25) is 5.91 Å². The van der Waals surface area contributed by atoms with E-state index in [1.54, 1.807) is 6.92 Å². The third kappa shape index (κ3) is 3.59. The summed E-state index contributed by atoms with van der Waals surface area (Å²) in [5, 5.41) is 16.4. The molecule has 7 heteroatoms. The van der Waals surface area contributed by atoms with Crippen LogP contribution in [0, 0.1) is 17.0 Å². The summed E-state index contributed by atoms with van der Waals surface area (Å²) in [4.78, 5) is 21.4. The first-order valence-electron chi connectivity index (χ1n) is 5.40. The van der Waals surface area contributed by atoms with Crippen LogP contribution in [-0.2, 0) is 4.79 Å². The topological polar surface area (TPSA) is 84.3 Å². The highest BCUT2D eigenvalue weighted by molar-refractivity contribution is 6.33. The number of nitrogens with zero attached hydrogens (tertiary/aromatic N) is 1. The van der Waals surface area contributed by atoms with Gasteiger partial charge in [-0.25, -0.2) is 0 Å². The quantitative estimate of drug-likeness (QED) is 0.634. The van der Waals surface area contributed by atoms with Crippen molar-refractivity contribution in [2.75, 3.05) is 18.4 Å². The Bertz CT molecular complexity index is 454. The van der Waals surface area contributed by atoms with Gasteiger partial charge in [-0.1, -0.05) is 11.6 Å². The van der Waals surface area contributed by atoms with Gasteiger partial charge in [-0.15, -0.1) is 0 Å². The Morgan fingerprint density at radius 1 is 1.50 bits per heavy atom. The number of amides is 1. The van der Waals surface area contributed by atoms with Crippen molar-refractivity contribution in [3.05, 3.63) is 32.8 Å². The summed E-state index contributed by atoms with van der Waals surface area (Å²) < 4.78 is 0. The maximum absolute atomic E-state index is 11.3. The maximum atomic E-state index is 11.3. The maximum Gasteiger partial charge on any atom is 0.271 e. The van der Waals surface area contributed by atoms with Crippen LogP contribution < -0.4 is 10.6 Å². The minimum absolute atomic E-state index is 0.0685. The van der Waals surface area contributed by atoms with Gasteiger partial charge in [0.1, 0.15) is 0 Å². The Labute approximate surface area is 109 Å². The number of benzene rings is 1. The molecule has 0 heterocycles. The van der Waals surface area contributed by atoms with Gasteiger partial charge in [0.25, 0.3) is 5.69 Å². The van der Waals surface area contributed by atoms with Gasteiger partial charge in [0, 0.05) is 18.7 Å². The minimum Gasteiger partial charge on any atom is -0.375 e. The molecule has 0 fully saturated rings. The van der Waals surface area contributed by atoms with Crippen molar-refractivity contribution in [1.82, 2.24) is 5.32 Å². The number of nitro groups is 1. The highest BCUT2D eigenvalue weighted by atomic mass is 35.5. The molecule has 2 N–H and O–H groups in total. The molecule has 0 spiro atoms. The normalized spacial score (nSPS) is 9.94. The molecule has 0 saturated carbocycles. The van der Waals surface area contributed by atoms with Gasteiger partial charge < -0.3 is 10.6 Å². The molecule has 1 rings (SSSR count). The Morgan fingerprint density at radius 2 is 2.17 bits per heavy atom. The van der Waals surface area contributed by atoms with Crippen LogP contribution >= 0.6 is 11.6 Å². The van der Waals surface area contributed by atoms with Crippen molar-refractivity contribution >= 4 is 28.9 Å². The summed E-state index contributed by atoms with van der Waals surface area (Å²) in [5.41, 5.74) is 1.09. The molecule has 0 aliphatic heterocycles. The number of carbonyl (C=O) groups is 1. The molecule has 0 aromatic heterocycles. The number of carbonyl (C=O) groups excluding carboxylic acids is 1. The van der Waals surface area contributed by atoms with Crippen LogP contribution in [0.25, 0.3) is 0 Å². The second kappa shape index (κ2) is 6.20. The molecule has 1 aromatic carbocycles. The molecule has 0 aliphatic rings. The number of rotatable bonds is 5. The number of hydrogen-bond donors (Lipinski definition) is 2. The second-order valence-corrected chi connectivity index (χ2v) is 4.09. The molecule has 0 radical (unpaired) electrons. The fraction of sp³-hybridized carbons (Fsp3) is 0.364. The summed E-state index contributed by atoms with van der Waals surface area (Å²) >= 11 is 5.94. The number of halogens is 1. The molecular formula is C11H14ClN3O3. The Balaban J connectivity index is 2.84. The van der Waals surface area contributed by atoms with E-state index in [0.717, 1.165) is 0 Å². The fourth-order valence-corrected chi connectivity index (χ4v) is 1.81. The molecule has 18 heavy (non-hydrogen) atoms. The third-order valence-corrected chi connectivity index (χ3v) is 2.58. The number of non-ortho nitro benzene ring substituents is 1.